The third-order valence-electron chi connectivity index (χ3n) is 1.15. The van der Waals surface area contributed by atoms with E-state index in [1.54, 1.807) is 0 Å². The summed E-state index contributed by atoms with van der Waals surface area (Å²) in [5.74, 6) is 0. The second kappa shape index (κ2) is 3.61. The summed E-state index contributed by atoms with van der Waals surface area (Å²) in [6.07, 6.45) is -0.744. The predicted octanol–water partition coefficient (Wildman–Crippen LogP) is 1.65. The molecule has 0 unspecified atom stereocenters. The first-order valence-corrected chi connectivity index (χ1v) is 4.61. The van der Waals surface area contributed by atoms with Gasteiger partial charge in [0.15, 0.2) is 0 Å². The van der Waals surface area contributed by atoms with Crippen LogP contribution < -0.4 is 0 Å². The zero-order valence-corrected chi connectivity index (χ0v) is 7.37. The van der Waals surface area contributed by atoms with Crippen molar-refractivity contribution in [3.63, 3.8) is 0 Å². The van der Waals surface area contributed by atoms with Crippen molar-refractivity contribution in [2.75, 3.05) is 0 Å². The number of halogens is 3. The lowest BCUT2D eigenvalue weighted by molar-refractivity contribution is -0.0568. The average molecular weight is 206 g/mol. The fourth-order valence-electron chi connectivity index (χ4n) is 0.339. The fraction of sp³-hybridized carbons (Fsp3) is 1.00. The van der Waals surface area contributed by atoms with Crippen molar-refractivity contribution in [1.82, 2.24) is 0 Å². The molecule has 0 bridgehead atoms. The molecular formula is C5H9F3O3S. The monoisotopic (exact) mass is 206 g/mol. The highest BCUT2D eigenvalue weighted by molar-refractivity contribution is 7.87. The van der Waals surface area contributed by atoms with Gasteiger partial charge in [0.05, 0.1) is 6.10 Å². The molecule has 0 aromatic carbocycles. The van der Waals surface area contributed by atoms with Crippen molar-refractivity contribution < 1.29 is 25.8 Å². The molecule has 0 heterocycles. The Kier molecular flexibility index (Phi) is 3.52. The molecule has 0 saturated carbocycles. The summed E-state index contributed by atoms with van der Waals surface area (Å²) in [5, 5.41) is 0. The average Bonchev–Trinajstić information content (AvgIpc) is 1.84. The molecule has 74 valence electrons. The van der Waals surface area contributed by atoms with Gasteiger partial charge < -0.3 is 0 Å². The Balaban J connectivity index is 4.46. The number of hydrogen-bond donors (Lipinski definition) is 0. The first-order valence-electron chi connectivity index (χ1n) is 3.20. The Morgan fingerprint density at radius 2 is 1.83 bits per heavy atom. The highest BCUT2D eigenvalue weighted by Gasteiger charge is 2.47. The zero-order valence-electron chi connectivity index (χ0n) is 6.55. The van der Waals surface area contributed by atoms with Crippen LogP contribution in [0.25, 0.3) is 0 Å². The van der Waals surface area contributed by atoms with E-state index in [9.17, 15) is 21.6 Å². The van der Waals surface area contributed by atoms with Gasteiger partial charge in [0.1, 0.15) is 0 Å². The van der Waals surface area contributed by atoms with Crippen LogP contribution >= 0.6 is 0 Å². The Hall–Kier alpha value is -0.300. The molecule has 3 nitrogen and oxygen atoms in total. The van der Waals surface area contributed by atoms with Gasteiger partial charge in [-0.15, -0.1) is 0 Å². The molecule has 0 spiro atoms. The van der Waals surface area contributed by atoms with E-state index in [-0.39, 0.29) is 6.42 Å². The van der Waals surface area contributed by atoms with Crippen LogP contribution in [0.2, 0.25) is 0 Å². The summed E-state index contributed by atoms with van der Waals surface area (Å²) in [7, 11) is -5.41. The molecule has 0 aliphatic rings. The smallest absolute Gasteiger partial charge is 0.260 e. The third kappa shape index (κ3) is 2.98. The number of rotatable bonds is 3. The maximum Gasteiger partial charge on any atom is 0.523 e. The van der Waals surface area contributed by atoms with Crippen LogP contribution in [0.5, 0.6) is 0 Å². The van der Waals surface area contributed by atoms with E-state index in [0.29, 0.717) is 0 Å². The molecule has 0 fully saturated rings. The van der Waals surface area contributed by atoms with Crippen LogP contribution in [0.15, 0.2) is 0 Å². The molecule has 0 aromatic rings. The molecule has 0 aliphatic carbocycles. The summed E-state index contributed by atoms with van der Waals surface area (Å²) in [6, 6.07) is 0. The van der Waals surface area contributed by atoms with E-state index < -0.39 is 21.7 Å². The molecule has 0 rings (SSSR count). The van der Waals surface area contributed by atoms with Crippen LogP contribution in [0.1, 0.15) is 20.3 Å². The topological polar surface area (TPSA) is 43.4 Å². The highest BCUT2D eigenvalue weighted by Crippen LogP contribution is 2.25. The highest BCUT2D eigenvalue weighted by atomic mass is 32.2. The fourth-order valence-corrected chi connectivity index (χ4v) is 1.02. The standard InChI is InChI=1S/C5H9F3O3S/c1-3-4(2)11-12(9,10)5(6,7)8/h4H,3H2,1-2H3/t4-/m0/s1. The van der Waals surface area contributed by atoms with Crippen molar-refractivity contribution in [2.24, 2.45) is 0 Å². The van der Waals surface area contributed by atoms with Crippen LogP contribution in [0.4, 0.5) is 13.2 Å². The van der Waals surface area contributed by atoms with Crippen LogP contribution in [-0.2, 0) is 14.3 Å². The molecule has 0 radical (unpaired) electrons. The molecule has 7 heteroatoms. The van der Waals surface area contributed by atoms with Gasteiger partial charge in [-0.1, -0.05) is 6.92 Å². The molecule has 0 aliphatic heterocycles. The minimum Gasteiger partial charge on any atom is -0.260 e. The normalized spacial score (nSPS) is 16.1. The summed E-state index contributed by atoms with van der Waals surface area (Å²) >= 11 is 0. The Morgan fingerprint density at radius 1 is 1.42 bits per heavy atom. The summed E-state index contributed by atoms with van der Waals surface area (Å²) in [6.45, 7) is 2.78. The molecule has 0 amide bonds. The van der Waals surface area contributed by atoms with Gasteiger partial charge in [-0.2, -0.15) is 21.6 Å². The van der Waals surface area contributed by atoms with Gasteiger partial charge in [0.2, 0.25) is 0 Å². The predicted molar refractivity (Wildman–Crippen MR) is 35.8 cm³/mol. The van der Waals surface area contributed by atoms with Gasteiger partial charge in [0.25, 0.3) is 0 Å². The van der Waals surface area contributed by atoms with Crippen molar-refractivity contribution in [2.45, 2.75) is 31.9 Å². The lowest BCUT2D eigenvalue weighted by Gasteiger charge is -2.12. The maximum absolute atomic E-state index is 11.6. The van der Waals surface area contributed by atoms with Crippen LogP contribution in [-0.4, -0.2) is 20.0 Å². The van der Waals surface area contributed by atoms with Crippen molar-refractivity contribution in [3.8, 4) is 0 Å². The molecule has 1 atom stereocenters. The van der Waals surface area contributed by atoms with E-state index >= 15 is 0 Å². The quantitative estimate of drug-likeness (QED) is 0.521. The van der Waals surface area contributed by atoms with Crippen molar-refractivity contribution in [3.05, 3.63) is 0 Å². The second-order valence-electron chi connectivity index (χ2n) is 2.21. The van der Waals surface area contributed by atoms with Crippen molar-refractivity contribution in [1.29, 1.82) is 0 Å². The third-order valence-corrected chi connectivity index (χ3v) is 2.30. The van der Waals surface area contributed by atoms with E-state index in [4.69, 9.17) is 0 Å². The minimum absolute atomic E-state index is 0.204. The lowest BCUT2D eigenvalue weighted by Crippen LogP contribution is -2.28. The summed E-state index contributed by atoms with van der Waals surface area (Å²) in [4.78, 5) is 0. The molecule has 0 N–H and O–H groups in total. The second-order valence-corrected chi connectivity index (χ2v) is 3.78. The van der Waals surface area contributed by atoms with Crippen molar-refractivity contribution >= 4 is 10.1 Å². The van der Waals surface area contributed by atoms with Crippen LogP contribution in [0, 0.1) is 0 Å². The van der Waals surface area contributed by atoms with Gasteiger partial charge in [-0.3, -0.25) is 4.18 Å². The summed E-state index contributed by atoms with van der Waals surface area (Å²) in [5.41, 5.74) is -5.32. The Morgan fingerprint density at radius 3 is 2.08 bits per heavy atom. The lowest BCUT2D eigenvalue weighted by atomic mass is 10.3. The SMILES string of the molecule is CC[C@H](C)OS(=O)(=O)C(F)(F)F. The molecule has 0 aromatic heterocycles. The van der Waals surface area contributed by atoms with Gasteiger partial charge in [0, 0.05) is 0 Å². The Bertz CT molecular complexity index is 231. The van der Waals surface area contributed by atoms with Gasteiger partial charge in [-0.05, 0) is 13.3 Å². The minimum atomic E-state index is -5.41. The van der Waals surface area contributed by atoms with Gasteiger partial charge >= 0.3 is 15.6 Å². The zero-order chi connectivity index (χ0) is 9.99. The van der Waals surface area contributed by atoms with E-state index in [1.165, 1.54) is 13.8 Å². The molecule has 0 saturated heterocycles. The molecule has 12 heavy (non-hydrogen) atoms. The van der Waals surface area contributed by atoms with Gasteiger partial charge in [-0.25, -0.2) is 0 Å². The van der Waals surface area contributed by atoms with E-state index in [0.717, 1.165) is 0 Å². The molecular weight excluding hydrogens is 197 g/mol. The van der Waals surface area contributed by atoms with E-state index in [2.05, 4.69) is 4.18 Å². The summed E-state index contributed by atoms with van der Waals surface area (Å²) < 4.78 is 59.2. The largest absolute Gasteiger partial charge is 0.523 e. The first-order chi connectivity index (χ1) is 5.20. The first kappa shape index (κ1) is 11.7. The number of alkyl halides is 3. The van der Waals surface area contributed by atoms with E-state index in [1.807, 2.05) is 0 Å². The number of hydrogen-bond acceptors (Lipinski definition) is 3. The maximum atomic E-state index is 11.6. The van der Waals surface area contributed by atoms with Crippen LogP contribution in [0.3, 0.4) is 0 Å². The Labute approximate surface area is 68.6 Å².